The van der Waals surface area contributed by atoms with Gasteiger partial charge in [0.1, 0.15) is 11.8 Å². The molecule has 8 nitrogen and oxygen atoms in total. The first-order valence-corrected chi connectivity index (χ1v) is 7.17. The van der Waals surface area contributed by atoms with Crippen molar-refractivity contribution >= 4 is 28.8 Å². The topological polar surface area (TPSA) is 136 Å². The molecule has 0 fully saturated rings. The minimum atomic E-state index is -0.435. The van der Waals surface area contributed by atoms with Crippen molar-refractivity contribution in [2.75, 3.05) is 17.9 Å². The number of methoxy groups -OCH3 is 1. The zero-order valence-electron chi connectivity index (χ0n) is 13.4. The third-order valence-corrected chi connectivity index (χ3v) is 3.13. The molecule has 0 atom stereocenters. The number of carbonyl (C=O) groups excluding carboxylic acids is 1. The van der Waals surface area contributed by atoms with Gasteiger partial charge in [0.15, 0.2) is 5.84 Å². The van der Waals surface area contributed by atoms with Crippen LogP contribution in [0.15, 0.2) is 53.6 Å². The van der Waals surface area contributed by atoms with Gasteiger partial charge >= 0.3 is 0 Å². The Morgan fingerprint density at radius 1 is 1.24 bits per heavy atom. The lowest BCUT2D eigenvalue weighted by Crippen LogP contribution is -2.21. The van der Waals surface area contributed by atoms with E-state index < -0.39 is 5.84 Å². The maximum Gasteiger partial charge on any atom is 0.259 e. The first-order chi connectivity index (χ1) is 12.0. The summed E-state index contributed by atoms with van der Waals surface area (Å²) in [5.74, 6) is -0.283. The largest absolute Gasteiger partial charge is 0.496 e. The Balaban J connectivity index is 2.15. The number of ether oxygens (including phenoxy) is 1. The highest BCUT2D eigenvalue weighted by Crippen LogP contribution is 2.20. The number of hydrogen-bond donors (Lipinski definition) is 4. The van der Waals surface area contributed by atoms with Crippen LogP contribution in [0.3, 0.4) is 0 Å². The number of nitrogens with two attached hydrogens (primary N) is 1. The summed E-state index contributed by atoms with van der Waals surface area (Å²) >= 11 is 0. The molecule has 0 spiro atoms. The van der Waals surface area contributed by atoms with Crippen molar-refractivity contribution < 1.29 is 9.53 Å². The minimum absolute atomic E-state index is 0.233. The average Bonchev–Trinajstić information content (AvgIpc) is 2.62. The summed E-state index contributed by atoms with van der Waals surface area (Å²) in [7, 11) is 1.50. The Hall–Kier alpha value is -3.86. The highest BCUT2D eigenvalue weighted by Gasteiger charge is 2.11. The van der Waals surface area contributed by atoms with Gasteiger partial charge in [0.05, 0.1) is 18.4 Å². The molecule has 0 aliphatic heterocycles. The second-order valence-corrected chi connectivity index (χ2v) is 4.83. The molecular weight excluding hydrogens is 320 g/mol. The molecule has 126 valence electrons. The average molecular weight is 336 g/mol. The summed E-state index contributed by atoms with van der Waals surface area (Å²) in [4.78, 5) is 12.4. The van der Waals surface area contributed by atoms with Crippen molar-refractivity contribution in [1.29, 1.82) is 10.7 Å². The van der Waals surface area contributed by atoms with Crippen LogP contribution in [0.1, 0.15) is 10.4 Å². The Morgan fingerprint density at radius 2 is 1.96 bits per heavy atom. The maximum absolute atomic E-state index is 12.4. The number of nitrogens with zero attached hydrogens (tertiary/aromatic N) is 2. The number of amides is 1. The molecule has 2 rings (SSSR count). The van der Waals surface area contributed by atoms with Gasteiger partial charge in [-0.15, -0.1) is 0 Å². The molecule has 0 bridgehead atoms. The number of amidine groups is 1. The van der Waals surface area contributed by atoms with Crippen LogP contribution >= 0.6 is 0 Å². The molecule has 0 aliphatic rings. The number of para-hydroxylation sites is 1. The number of hydrazone groups is 1. The van der Waals surface area contributed by atoms with Crippen molar-refractivity contribution in [3.63, 3.8) is 0 Å². The third-order valence-electron chi connectivity index (χ3n) is 3.13. The molecule has 0 radical (unpaired) electrons. The van der Waals surface area contributed by atoms with Gasteiger partial charge in [-0.25, -0.2) is 0 Å². The van der Waals surface area contributed by atoms with E-state index >= 15 is 0 Å². The van der Waals surface area contributed by atoms with E-state index in [-0.39, 0.29) is 11.6 Å². The molecule has 0 aromatic heterocycles. The van der Waals surface area contributed by atoms with Crippen LogP contribution in [0, 0.1) is 16.7 Å². The second kappa shape index (κ2) is 8.12. The van der Waals surface area contributed by atoms with E-state index in [1.165, 1.54) is 7.11 Å². The van der Waals surface area contributed by atoms with Gasteiger partial charge in [-0.3, -0.25) is 15.6 Å². The minimum Gasteiger partial charge on any atom is -0.496 e. The Labute approximate surface area is 144 Å². The van der Waals surface area contributed by atoms with Gasteiger partial charge in [-0.1, -0.05) is 18.2 Å². The molecule has 2 aromatic rings. The van der Waals surface area contributed by atoms with Crippen LogP contribution in [0.5, 0.6) is 5.75 Å². The lowest BCUT2D eigenvalue weighted by molar-refractivity contribution is 0.102. The van der Waals surface area contributed by atoms with Gasteiger partial charge in [-0.05, 0) is 30.3 Å². The van der Waals surface area contributed by atoms with Crippen molar-refractivity contribution in [3.8, 4) is 11.8 Å². The summed E-state index contributed by atoms with van der Waals surface area (Å²) in [6.07, 6.45) is 0. The Kier molecular flexibility index (Phi) is 5.68. The number of nitrogens with one attached hydrogen (secondary N) is 3. The lowest BCUT2D eigenvalue weighted by atomic mass is 10.2. The van der Waals surface area contributed by atoms with Gasteiger partial charge in [0.2, 0.25) is 5.71 Å². The number of benzene rings is 2. The summed E-state index contributed by atoms with van der Waals surface area (Å²) in [5.41, 5.74) is 9.06. The van der Waals surface area contributed by atoms with E-state index in [9.17, 15) is 4.79 Å². The fourth-order valence-corrected chi connectivity index (χ4v) is 1.96. The molecule has 0 saturated carbocycles. The quantitative estimate of drug-likeness (QED) is 0.364. The molecule has 0 unspecified atom stereocenters. The molecule has 8 heteroatoms. The number of anilines is 2. The summed E-state index contributed by atoms with van der Waals surface area (Å²) in [5, 5.41) is 22.5. The molecule has 5 N–H and O–H groups in total. The third kappa shape index (κ3) is 4.56. The molecule has 25 heavy (non-hydrogen) atoms. The number of rotatable bonds is 6. The van der Waals surface area contributed by atoms with Crippen molar-refractivity contribution in [2.24, 2.45) is 10.8 Å². The highest BCUT2D eigenvalue weighted by molar-refractivity contribution is 6.45. The van der Waals surface area contributed by atoms with E-state index in [4.69, 9.17) is 21.1 Å². The van der Waals surface area contributed by atoms with E-state index in [0.29, 0.717) is 22.7 Å². The molecular formula is C17H16N6O2. The fraction of sp³-hybridized carbons (Fsp3) is 0.0588. The molecule has 0 saturated heterocycles. The van der Waals surface area contributed by atoms with Gasteiger partial charge in [0, 0.05) is 5.69 Å². The van der Waals surface area contributed by atoms with Crippen LogP contribution in [-0.4, -0.2) is 24.6 Å². The van der Waals surface area contributed by atoms with Gasteiger partial charge in [0.25, 0.3) is 5.91 Å². The van der Waals surface area contributed by atoms with Crippen LogP contribution in [0.25, 0.3) is 0 Å². The molecule has 1 amide bonds. The first kappa shape index (κ1) is 17.5. The summed E-state index contributed by atoms with van der Waals surface area (Å²) in [6, 6.07) is 15.3. The molecule has 0 aliphatic carbocycles. The van der Waals surface area contributed by atoms with Crippen molar-refractivity contribution in [2.45, 2.75) is 0 Å². The van der Waals surface area contributed by atoms with Crippen molar-refractivity contribution in [3.05, 3.63) is 54.1 Å². The van der Waals surface area contributed by atoms with Crippen LogP contribution < -0.4 is 21.2 Å². The van der Waals surface area contributed by atoms with Gasteiger partial charge in [-0.2, -0.15) is 10.4 Å². The smallest absolute Gasteiger partial charge is 0.259 e. The first-order valence-electron chi connectivity index (χ1n) is 7.17. The van der Waals surface area contributed by atoms with E-state index in [1.807, 2.05) is 0 Å². The Bertz CT molecular complexity index is 869. The normalized spacial score (nSPS) is 10.5. The van der Waals surface area contributed by atoms with Crippen molar-refractivity contribution in [1.82, 2.24) is 0 Å². The SMILES string of the molecule is COc1ccccc1C(=O)Nc1cccc(N/N=C(\C#N)C(=N)N)c1. The zero-order valence-corrected chi connectivity index (χ0v) is 13.4. The number of nitriles is 1. The fourth-order valence-electron chi connectivity index (χ4n) is 1.96. The van der Waals surface area contributed by atoms with Gasteiger partial charge < -0.3 is 15.8 Å². The monoisotopic (exact) mass is 336 g/mol. The van der Waals surface area contributed by atoms with E-state index in [2.05, 4.69) is 15.8 Å². The highest BCUT2D eigenvalue weighted by atomic mass is 16.5. The maximum atomic E-state index is 12.4. The standard InChI is InChI=1S/C17H16N6O2/c1-25-15-8-3-2-7-13(15)17(24)21-11-5-4-6-12(9-11)22-23-14(10-18)16(19)20/h2-9,22H,1H3,(H3,19,20)(H,21,24)/b23-14+. The Morgan fingerprint density at radius 3 is 2.64 bits per heavy atom. The number of carbonyl (C=O) groups is 1. The van der Waals surface area contributed by atoms with Crippen LogP contribution in [0.4, 0.5) is 11.4 Å². The molecule has 2 aromatic carbocycles. The number of hydrogen-bond acceptors (Lipinski definition) is 6. The second-order valence-electron chi connectivity index (χ2n) is 4.83. The van der Waals surface area contributed by atoms with Crippen LogP contribution in [-0.2, 0) is 0 Å². The summed E-state index contributed by atoms with van der Waals surface area (Å²) in [6.45, 7) is 0. The predicted molar refractivity (Wildman–Crippen MR) is 96.0 cm³/mol. The van der Waals surface area contributed by atoms with E-state index in [0.717, 1.165) is 0 Å². The lowest BCUT2D eigenvalue weighted by Gasteiger charge is -2.10. The molecule has 0 heterocycles. The predicted octanol–water partition coefficient (Wildman–Crippen LogP) is 2.17. The van der Waals surface area contributed by atoms with E-state index in [1.54, 1.807) is 54.6 Å². The van der Waals surface area contributed by atoms with Crippen LogP contribution in [0.2, 0.25) is 0 Å². The zero-order chi connectivity index (χ0) is 18.2. The summed E-state index contributed by atoms with van der Waals surface area (Å²) < 4.78 is 5.17.